The molecule has 7 aromatic rings. The van der Waals surface area contributed by atoms with Crippen molar-refractivity contribution < 1.29 is 14.6 Å². The van der Waals surface area contributed by atoms with E-state index in [0.717, 1.165) is 60.0 Å². The number of ether oxygens (including phenoxy) is 2. The first-order valence-electron chi connectivity index (χ1n) is 13.2. The van der Waals surface area contributed by atoms with Crippen molar-refractivity contribution in [3.63, 3.8) is 0 Å². The molecule has 0 atom stereocenters. The standard InChI is InChI=1S/C36H26O3/c37-32-19-17-24-9-1-5-13-28(24)34(32)35-29-14-6-2-10-25(29)18-20-33(35)38-21-22-39-36-30-15-7-3-11-26(30)23-27-12-4-8-16-31(27)36/h1-20,23,37H,21-22H2. The molecule has 7 aromatic carbocycles. The molecule has 0 fully saturated rings. The van der Waals surface area contributed by atoms with Gasteiger partial charge in [-0.15, -0.1) is 0 Å². The van der Waals surface area contributed by atoms with Crippen molar-refractivity contribution in [3.8, 4) is 28.4 Å². The Balaban J connectivity index is 1.26. The van der Waals surface area contributed by atoms with E-state index in [-0.39, 0.29) is 5.75 Å². The van der Waals surface area contributed by atoms with E-state index >= 15 is 0 Å². The average Bonchev–Trinajstić information content (AvgIpc) is 2.99. The molecule has 39 heavy (non-hydrogen) atoms. The summed E-state index contributed by atoms with van der Waals surface area (Å²) in [5.74, 6) is 1.82. The van der Waals surface area contributed by atoms with Gasteiger partial charge in [0, 0.05) is 21.9 Å². The second kappa shape index (κ2) is 9.70. The lowest BCUT2D eigenvalue weighted by Gasteiger charge is -2.18. The molecule has 0 aliphatic carbocycles. The van der Waals surface area contributed by atoms with Crippen LogP contribution in [0.25, 0.3) is 54.2 Å². The lowest BCUT2D eigenvalue weighted by Crippen LogP contribution is -2.10. The molecular weight excluding hydrogens is 480 g/mol. The minimum atomic E-state index is 0.230. The minimum Gasteiger partial charge on any atom is -0.507 e. The molecule has 0 amide bonds. The van der Waals surface area contributed by atoms with E-state index in [1.54, 1.807) is 6.07 Å². The third kappa shape index (κ3) is 4.09. The Labute approximate surface area is 226 Å². The van der Waals surface area contributed by atoms with Crippen LogP contribution in [-0.4, -0.2) is 18.3 Å². The smallest absolute Gasteiger partial charge is 0.135 e. The SMILES string of the molecule is Oc1ccc2ccccc2c1-c1c(OCCOc2c3ccccc3cc3ccccc23)ccc2ccccc12. The first-order chi connectivity index (χ1) is 19.3. The number of benzene rings is 7. The number of hydrogen-bond acceptors (Lipinski definition) is 3. The van der Waals surface area contributed by atoms with Crippen LogP contribution < -0.4 is 9.47 Å². The topological polar surface area (TPSA) is 38.7 Å². The highest BCUT2D eigenvalue weighted by Crippen LogP contribution is 2.45. The molecular formula is C36H26O3. The van der Waals surface area contributed by atoms with Crippen molar-refractivity contribution in [3.05, 3.63) is 127 Å². The fourth-order valence-corrected chi connectivity index (χ4v) is 5.58. The van der Waals surface area contributed by atoms with Gasteiger partial charge >= 0.3 is 0 Å². The summed E-state index contributed by atoms with van der Waals surface area (Å²) in [6, 6.07) is 42.9. The van der Waals surface area contributed by atoms with Gasteiger partial charge in [-0.25, -0.2) is 0 Å². The third-order valence-electron chi connectivity index (χ3n) is 7.36. The van der Waals surface area contributed by atoms with Gasteiger partial charge in [0.05, 0.1) is 0 Å². The highest BCUT2D eigenvalue weighted by atomic mass is 16.5. The second-order valence-electron chi connectivity index (χ2n) is 9.69. The van der Waals surface area contributed by atoms with E-state index in [4.69, 9.17) is 9.47 Å². The van der Waals surface area contributed by atoms with Crippen molar-refractivity contribution in [2.75, 3.05) is 13.2 Å². The maximum Gasteiger partial charge on any atom is 0.135 e. The largest absolute Gasteiger partial charge is 0.507 e. The molecule has 0 aromatic heterocycles. The zero-order chi connectivity index (χ0) is 26.2. The summed E-state index contributed by atoms with van der Waals surface area (Å²) in [7, 11) is 0. The summed E-state index contributed by atoms with van der Waals surface area (Å²) in [6.07, 6.45) is 0. The van der Waals surface area contributed by atoms with Crippen molar-refractivity contribution in [1.82, 2.24) is 0 Å². The van der Waals surface area contributed by atoms with E-state index in [9.17, 15) is 5.11 Å². The zero-order valence-corrected chi connectivity index (χ0v) is 21.3. The summed E-state index contributed by atoms with van der Waals surface area (Å²) in [5, 5.41) is 19.7. The number of phenolic OH excluding ortho intramolecular Hbond substituents is 1. The quantitative estimate of drug-likeness (QED) is 0.181. The van der Waals surface area contributed by atoms with Gasteiger partial charge < -0.3 is 14.6 Å². The van der Waals surface area contributed by atoms with Crippen LogP contribution in [0.5, 0.6) is 17.2 Å². The molecule has 0 bridgehead atoms. The normalized spacial score (nSPS) is 11.4. The van der Waals surface area contributed by atoms with Crippen molar-refractivity contribution in [2.24, 2.45) is 0 Å². The predicted octanol–water partition coefficient (Wildman–Crippen LogP) is 9.13. The van der Waals surface area contributed by atoms with Crippen LogP contribution in [0.2, 0.25) is 0 Å². The molecule has 0 spiro atoms. The van der Waals surface area contributed by atoms with E-state index in [1.807, 2.05) is 66.7 Å². The predicted molar refractivity (Wildman–Crippen MR) is 161 cm³/mol. The Morgan fingerprint density at radius 2 is 0.923 bits per heavy atom. The maximum absolute atomic E-state index is 11.1. The molecule has 7 rings (SSSR count). The minimum absolute atomic E-state index is 0.230. The highest BCUT2D eigenvalue weighted by Gasteiger charge is 2.18. The summed E-state index contributed by atoms with van der Waals surface area (Å²) in [6.45, 7) is 0.736. The number of hydrogen-bond donors (Lipinski definition) is 1. The van der Waals surface area contributed by atoms with E-state index in [2.05, 4.69) is 54.6 Å². The van der Waals surface area contributed by atoms with Crippen LogP contribution in [0.3, 0.4) is 0 Å². The van der Waals surface area contributed by atoms with Crippen molar-refractivity contribution in [2.45, 2.75) is 0 Å². The Hall–Kier alpha value is -5.02. The van der Waals surface area contributed by atoms with Gasteiger partial charge in [0.2, 0.25) is 0 Å². The zero-order valence-electron chi connectivity index (χ0n) is 21.3. The van der Waals surface area contributed by atoms with Crippen LogP contribution in [0, 0.1) is 0 Å². The van der Waals surface area contributed by atoms with Gasteiger partial charge in [-0.1, -0.05) is 109 Å². The van der Waals surface area contributed by atoms with E-state index in [1.165, 1.54) is 0 Å². The molecule has 0 aliphatic rings. The lowest BCUT2D eigenvalue weighted by molar-refractivity contribution is 0.221. The molecule has 0 saturated carbocycles. The Bertz CT molecular complexity index is 1940. The Kier molecular flexibility index (Phi) is 5.75. The Morgan fingerprint density at radius 3 is 1.56 bits per heavy atom. The molecule has 3 nitrogen and oxygen atoms in total. The van der Waals surface area contributed by atoms with Gasteiger partial charge in [0.1, 0.15) is 30.5 Å². The van der Waals surface area contributed by atoms with Gasteiger partial charge in [-0.2, -0.15) is 0 Å². The lowest BCUT2D eigenvalue weighted by atomic mass is 9.92. The van der Waals surface area contributed by atoms with Crippen molar-refractivity contribution in [1.29, 1.82) is 0 Å². The molecule has 1 N–H and O–H groups in total. The van der Waals surface area contributed by atoms with Gasteiger partial charge in [-0.3, -0.25) is 0 Å². The fraction of sp³-hybridized carbons (Fsp3) is 0.0556. The monoisotopic (exact) mass is 506 g/mol. The summed E-state index contributed by atoms with van der Waals surface area (Å²) in [4.78, 5) is 0. The first kappa shape index (κ1) is 23.1. The van der Waals surface area contributed by atoms with Crippen LogP contribution in [0.4, 0.5) is 0 Å². The first-order valence-corrected chi connectivity index (χ1v) is 13.2. The molecule has 3 heteroatoms. The van der Waals surface area contributed by atoms with E-state index in [0.29, 0.717) is 19.0 Å². The van der Waals surface area contributed by atoms with Crippen LogP contribution in [-0.2, 0) is 0 Å². The molecule has 0 aliphatic heterocycles. The number of fused-ring (bicyclic) bond motifs is 4. The maximum atomic E-state index is 11.1. The number of rotatable bonds is 6. The molecule has 188 valence electrons. The van der Waals surface area contributed by atoms with Crippen molar-refractivity contribution >= 4 is 43.1 Å². The molecule has 0 heterocycles. The summed E-state index contributed by atoms with van der Waals surface area (Å²) < 4.78 is 12.8. The van der Waals surface area contributed by atoms with Crippen LogP contribution in [0.15, 0.2) is 127 Å². The second-order valence-corrected chi connectivity index (χ2v) is 9.69. The molecule has 0 unspecified atom stereocenters. The molecule has 0 radical (unpaired) electrons. The van der Waals surface area contributed by atoms with E-state index < -0.39 is 0 Å². The van der Waals surface area contributed by atoms with Crippen LogP contribution >= 0.6 is 0 Å². The van der Waals surface area contributed by atoms with Crippen LogP contribution in [0.1, 0.15) is 0 Å². The number of aromatic hydroxyl groups is 1. The number of phenols is 1. The van der Waals surface area contributed by atoms with Gasteiger partial charge in [0.15, 0.2) is 0 Å². The third-order valence-corrected chi connectivity index (χ3v) is 7.36. The fourth-order valence-electron chi connectivity index (χ4n) is 5.58. The summed E-state index contributed by atoms with van der Waals surface area (Å²) in [5.41, 5.74) is 1.67. The highest BCUT2D eigenvalue weighted by molar-refractivity contribution is 6.09. The Morgan fingerprint density at radius 1 is 0.436 bits per heavy atom. The summed E-state index contributed by atoms with van der Waals surface area (Å²) >= 11 is 0. The van der Waals surface area contributed by atoms with Gasteiger partial charge in [0.25, 0.3) is 0 Å². The van der Waals surface area contributed by atoms with Gasteiger partial charge in [-0.05, 0) is 50.5 Å². The average molecular weight is 507 g/mol. The molecule has 0 saturated heterocycles.